The first kappa shape index (κ1) is 5.53. The summed E-state index contributed by atoms with van der Waals surface area (Å²) in [6.45, 7) is 2.83. The Bertz CT molecular complexity index is 257. The molecule has 3 nitrogen and oxygen atoms in total. The number of fused-ring (bicyclic) bond motifs is 1. The van der Waals surface area contributed by atoms with Crippen molar-refractivity contribution < 1.29 is 0 Å². The van der Waals surface area contributed by atoms with Crippen molar-refractivity contribution in [2.75, 3.05) is 17.3 Å². The Kier molecular flexibility index (Phi) is 1.03. The molecule has 1 aliphatic heterocycles. The van der Waals surface area contributed by atoms with Gasteiger partial charge in [0, 0.05) is 6.20 Å². The number of aryl methyl sites for hydroxylation is 1. The van der Waals surface area contributed by atoms with Crippen LogP contribution < -0.4 is 10.6 Å². The Hall–Kier alpha value is -1.25. The number of nitrogens with one attached hydrogen (secondary N) is 2. The SMILES string of the molecule is Cc1cnc2c(c1)NCN2. The van der Waals surface area contributed by atoms with E-state index in [-0.39, 0.29) is 0 Å². The topological polar surface area (TPSA) is 37.0 Å². The minimum Gasteiger partial charge on any atom is -0.365 e. The molecule has 3 heteroatoms. The van der Waals surface area contributed by atoms with Gasteiger partial charge in [-0.3, -0.25) is 0 Å². The number of pyridine rings is 1. The Morgan fingerprint density at radius 1 is 1.50 bits per heavy atom. The Balaban J connectivity index is 2.52. The number of rotatable bonds is 0. The number of hydrogen-bond donors (Lipinski definition) is 2. The molecule has 2 rings (SSSR count). The molecular formula is C7H9N3. The van der Waals surface area contributed by atoms with E-state index in [4.69, 9.17) is 0 Å². The lowest BCUT2D eigenvalue weighted by Gasteiger charge is -1.96. The van der Waals surface area contributed by atoms with Crippen LogP contribution in [0.5, 0.6) is 0 Å². The summed E-state index contributed by atoms with van der Waals surface area (Å²) in [4.78, 5) is 4.19. The molecule has 0 amide bonds. The minimum absolute atomic E-state index is 0.797. The fourth-order valence-corrected chi connectivity index (χ4v) is 1.07. The summed E-state index contributed by atoms with van der Waals surface area (Å²) in [6.07, 6.45) is 1.86. The van der Waals surface area contributed by atoms with Crippen LogP contribution in [0.2, 0.25) is 0 Å². The normalized spacial score (nSPS) is 13.7. The third kappa shape index (κ3) is 0.708. The van der Waals surface area contributed by atoms with Crippen molar-refractivity contribution in [3.63, 3.8) is 0 Å². The van der Waals surface area contributed by atoms with Gasteiger partial charge in [-0.05, 0) is 18.6 Å². The first-order chi connectivity index (χ1) is 4.86. The first-order valence-electron chi connectivity index (χ1n) is 3.30. The van der Waals surface area contributed by atoms with E-state index in [1.165, 1.54) is 5.56 Å². The summed E-state index contributed by atoms with van der Waals surface area (Å²) in [6, 6.07) is 2.09. The van der Waals surface area contributed by atoms with Crippen LogP contribution in [-0.2, 0) is 0 Å². The Morgan fingerprint density at radius 2 is 2.40 bits per heavy atom. The predicted molar refractivity (Wildman–Crippen MR) is 41.1 cm³/mol. The highest BCUT2D eigenvalue weighted by molar-refractivity contribution is 5.69. The van der Waals surface area contributed by atoms with Gasteiger partial charge in [0.1, 0.15) is 0 Å². The van der Waals surface area contributed by atoms with Gasteiger partial charge in [-0.25, -0.2) is 4.98 Å². The molecule has 0 aliphatic carbocycles. The third-order valence-electron chi connectivity index (χ3n) is 1.56. The summed E-state index contributed by atoms with van der Waals surface area (Å²) < 4.78 is 0. The molecule has 1 aliphatic rings. The maximum absolute atomic E-state index is 4.19. The van der Waals surface area contributed by atoms with E-state index in [0.717, 1.165) is 18.2 Å². The van der Waals surface area contributed by atoms with Gasteiger partial charge >= 0.3 is 0 Å². The molecule has 52 valence electrons. The number of anilines is 2. The van der Waals surface area contributed by atoms with E-state index >= 15 is 0 Å². The minimum atomic E-state index is 0.797. The van der Waals surface area contributed by atoms with Crippen LogP contribution in [0, 0.1) is 6.92 Å². The number of hydrogen-bond acceptors (Lipinski definition) is 3. The van der Waals surface area contributed by atoms with Gasteiger partial charge in [-0.1, -0.05) is 0 Å². The van der Waals surface area contributed by atoms with Gasteiger partial charge in [0.05, 0.1) is 12.4 Å². The van der Waals surface area contributed by atoms with E-state index in [2.05, 4.69) is 21.7 Å². The van der Waals surface area contributed by atoms with E-state index < -0.39 is 0 Å². The van der Waals surface area contributed by atoms with Gasteiger partial charge in [-0.2, -0.15) is 0 Å². The molecule has 2 N–H and O–H groups in total. The zero-order valence-corrected chi connectivity index (χ0v) is 5.81. The van der Waals surface area contributed by atoms with Crippen LogP contribution in [0.4, 0.5) is 11.5 Å². The molecule has 0 radical (unpaired) electrons. The average Bonchev–Trinajstić information content (AvgIpc) is 2.33. The molecule has 10 heavy (non-hydrogen) atoms. The second-order valence-corrected chi connectivity index (χ2v) is 2.44. The molecule has 0 saturated heterocycles. The fraction of sp³-hybridized carbons (Fsp3) is 0.286. The predicted octanol–water partition coefficient (Wildman–Crippen LogP) is 1.18. The first-order valence-corrected chi connectivity index (χ1v) is 3.30. The molecule has 0 unspecified atom stereocenters. The van der Waals surface area contributed by atoms with Crippen molar-refractivity contribution in [1.29, 1.82) is 0 Å². The van der Waals surface area contributed by atoms with E-state index in [1.807, 2.05) is 13.1 Å². The van der Waals surface area contributed by atoms with Crippen molar-refractivity contribution in [3.8, 4) is 0 Å². The number of aromatic nitrogens is 1. The molecule has 0 bridgehead atoms. The highest BCUT2D eigenvalue weighted by Gasteiger charge is 2.08. The second kappa shape index (κ2) is 1.87. The van der Waals surface area contributed by atoms with Crippen LogP contribution in [0.15, 0.2) is 12.3 Å². The second-order valence-electron chi connectivity index (χ2n) is 2.44. The van der Waals surface area contributed by atoms with E-state index in [9.17, 15) is 0 Å². The average molecular weight is 135 g/mol. The van der Waals surface area contributed by atoms with Gasteiger partial charge in [0.25, 0.3) is 0 Å². The van der Waals surface area contributed by atoms with Crippen LogP contribution in [0.3, 0.4) is 0 Å². The molecule has 1 aromatic heterocycles. The van der Waals surface area contributed by atoms with Gasteiger partial charge in [-0.15, -0.1) is 0 Å². The molecule has 0 spiro atoms. The molecule has 1 aromatic rings. The largest absolute Gasteiger partial charge is 0.365 e. The van der Waals surface area contributed by atoms with Crippen LogP contribution in [0.1, 0.15) is 5.56 Å². The van der Waals surface area contributed by atoms with Crippen molar-refractivity contribution in [3.05, 3.63) is 17.8 Å². The zero-order chi connectivity index (χ0) is 6.97. The quantitative estimate of drug-likeness (QED) is 0.561. The van der Waals surface area contributed by atoms with Gasteiger partial charge < -0.3 is 10.6 Å². The highest BCUT2D eigenvalue weighted by Crippen LogP contribution is 2.23. The maximum Gasteiger partial charge on any atom is 0.150 e. The summed E-state index contributed by atoms with van der Waals surface area (Å²) in [5.41, 5.74) is 2.30. The lowest BCUT2D eigenvalue weighted by Crippen LogP contribution is -1.99. The third-order valence-corrected chi connectivity index (χ3v) is 1.56. The van der Waals surface area contributed by atoms with Crippen LogP contribution in [0.25, 0.3) is 0 Å². The summed E-state index contributed by atoms with van der Waals surface area (Å²) >= 11 is 0. The molecule has 0 aromatic carbocycles. The summed E-state index contributed by atoms with van der Waals surface area (Å²) in [5.74, 6) is 0.964. The number of nitrogens with zero attached hydrogens (tertiary/aromatic N) is 1. The van der Waals surface area contributed by atoms with E-state index in [1.54, 1.807) is 0 Å². The van der Waals surface area contributed by atoms with E-state index in [0.29, 0.717) is 0 Å². The molecule has 0 saturated carbocycles. The fourth-order valence-electron chi connectivity index (χ4n) is 1.07. The van der Waals surface area contributed by atoms with Gasteiger partial charge in [0.15, 0.2) is 5.82 Å². The Morgan fingerprint density at radius 3 is 3.30 bits per heavy atom. The van der Waals surface area contributed by atoms with Gasteiger partial charge in [0.2, 0.25) is 0 Å². The summed E-state index contributed by atoms with van der Waals surface area (Å²) in [7, 11) is 0. The van der Waals surface area contributed by atoms with Crippen molar-refractivity contribution in [1.82, 2.24) is 4.98 Å². The molecular weight excluding hydrogens is 126 g/mol. The monoisotopic (exact) mass is 135 g/mol. The van der Waals surface area contributed by atoms with Crippen molar-refractivity contribution in [2.45, 2.75) is 6.92 Å². The lowest BCUT2D eigenvalue weighted by molar-refractivity contribution is 1.25. The Labute approximate surface area is 59.5 Å². The maximum atomic E-state index is 4.19. The summed E-state index contributed by atoms with van der Waals surface area (Å²) in [5, 5.41) is 6.27. The molecule has 0 fully saturated rings. The lowest BCUT2D eigenvalue weighted by atomic mass is 10.3. The van der Waals surface area contributed by atoms with Crippen molar-refractivity contribution >= 4 is 11.5 Å². The zero-order valence-electron chi connectivity index (χ0n) is 5.81. The van der Waals surface area contributed by atoms with Crippen LogP contribution >= 0.6 is 0 Å². The van der Waals surface area contributed by atoms with Crippen molar-refractivity contribution in [2.24, 2.45) is 0 Å². The highest BCUT2D eigenvalue weighted by atomic mass is 15.2. The smallest absolute Gasteiger partial charge is 0.150 e. The van der Waals surface area contributed by atoms with Crippen LogP contribution in [-0.4, -0.2) is 11.7 Å². The standard InChI is InChI=1S/C7H9N3/c1-5-2-6-7(8-3-5)10-4-9-6/h2-3,9H,4H2,1H3,(H,8,10). The molecule has 0 atom stereocenters. The molecule has 2 heterocycles.